The maximum Gasteiger partial charge on any atom is 0.0366 e. The largest absolute Gasteiger partial charge is 0.398 e. The van der Waals surface area contributed by atoms with Gasteiger partial charge in [-0.3, -0.25) is 0 Å². The lowest BCUT2D eigenvalue weighted by Crippen LogP contribution is -2.15. The Morgan fingerprint density at radius 1 is 0.905 bits per heavy atom. The highest BCUT2D eigenvalue weighted by molar-refractivity contribution is 5.86. The molecule has 0 aliphatic carbocycles. The van der Waals surface area contributed by atoms with Gasteiger partial charge in [0.15, 0.2) is 0 Å². The first-order valence-electron chi connectivity index (χ1n) is 8.29. The third-order valence-corrected chi connectivity index (χ3v) is 4.03. The van der Waals surface area contributed by atoms with Gasteiger partial charge in [-0.25, -0.2) is 0 Å². The molecule has 114 valence electrons. The number of nitrogens with two attached hydrogens (primary N) is 1. The smallest absolute Gasteiger partial charge is 0.0366 e. The number of anilines is 1. The molecular weight excluding hydrogens is 256 g/mol. The highest BCUT2D eigenvalue weighted by Gasteiger charge is 2.01. The van der Waals surface area contributed by atoms with Gasteiger partial charge in [0.2, 0.25) is 0 Å². The van der Waals surface area contributed by atoms with Gasteiger partial charge in [-0.1, -0.05) is 63.3 Å². The molecule has 2 rings (SSSR count). The Hall–Kier alpha value is -1.54. The van der Waals surface area contributed by atoms with Crippen molar-refractivity contribution in [2.75, 3.05) is 12.3 Å². The molecule has 0 saturated carbocycles. The van der Waals surface area contributed by atoms with Gasteiger partial charge in [0.25, 0.3) is 0 Å². The molecule has 0 atom stereocenters. The fourth-order valence-corrected chi connectivity index (χ4v) is 2.71. The van der Waals surface area contributed by atoms with Crippen LogP contribution >= 0.6 is 0 Å². The first-order chi connectivity index (χ1) is 10.3. The summed E-state index contributed by atoms with van der Waals surface area (Å²) in [5.74, 6) is 0. The Morgan fingerprint density at radius 3 is 2.33 bits per heavy atom. The summed E-state index contributed by atoms with van der Waals surface area (Å²) in [7, 11) is 0. The van der Waals surface area contributed by atoms with Crippen LogP contribution < -0.4 is 11.1 Å². The molecule has 0 fully saturated rings. The third kappa shape index (κ3) is 5.05. The van der Waals surface area contributed by atoms with Crippen LogP contribution in [-0.4, -0.2) is 6.54 Å². The predicted octanol–water partition coefficient (Wildman–Crippen LogP) is 4.87. The maximum atomic E-state index is 6.14. The molecule has 0 radical (unpaired) electrons. The molecule has 2 aromatic carbocycles. The number of unbranched alkanes of at least 4 members (excludes halogenated alkanes) is 5. The molecule has 21 heavy (non-hydrogen) atoms. The molecule has 2 nitrogen and oxygen atoms in total. The Morgan fingerprint density at radius 2 is 1.57 bits per heavy atom. The molecule has 0 amide bonds. The van der Waals surface area contributed by atoms with E-state index in [1.807, 2.05) is 0 Å². The van der Waals surface area contributed by atoms with Crippen molar-refractivity contribution in [2.45, 2.75) is 52.0 Å². The molecule has 0 saturated heterocycles. The summed E-state index contributed by atoms with van der Waals surface area (Å²) in [6, 6.07) is 12.7. The minimum Gasteiger partial charge on any atom is -0.398 e. The van der Waals surface area contributed by atoms with E-state index in [1.165, 1.54) is 54.9 Å². The molecule has 3 N–H and O–H groups in total. The van der Waals surface area contributed by atoms with E-state index in [1.54, 1.807) is 0 Å². The summed E-state index contributed by atoms with van der Waals surface area (Å²) in [6.45, 7) is 4.21. The van der Waals surface area contributed by atoms with Crippen LogP contribution in [0.1, 0.15) is 51.0 Å². The quantitative estimate of drug-likeness (QED) is 0.509. The number of benzene rings is 2. The molecule has 0 aliphatic rings. The van der Waals surface area contributed by atoms with Gasteiger partial charge < -0.3 is 11.1 Å². The zero-order chi connectivity index (χ0) is 14.9. The lowest BCUT2D eigenvalue weighted by atomic mass is 10.0. The number of nitrogens with one attached hydrogen (secondary N) is 1. The zero-order valence-electron chi connectivity index (χ0n) is 13.2. The van der Waals surface area contributed by atoms with E-state index in [0.717, 1.165) is 18.8 Å². The van der Waals surface area contributed by atoms with Gasteiger partial charge in [-0.05, 0) is 41.4 Å². The molecule has 0 heterocycles. The number of hydrogen-bond donors (Lipinski definition) is 2. The second-order valence-corrected chi connectivity index (χ2v) is 5.84. The van der Waals surface area contributed by atoms with E-state index >= 15 is 0 Å². The second-order valence-electron chi connectivity index (χ2n) is 5.84. The summed E-state index contributed by atoms with van der Waals surface area (Å²) in [5.41, 5.74) is 8.24. The van der Waals surface area contributed by atoms with Gasteiger partial charge >= 0.3 is 0 Å². The standard InChI is InChI=1S/C19H28N2/c1-2-3-4-5-6-9-12-21-15-18-13-16-10-7-8-11-17(16)14-19(18)20/h7-8,10-11,13-14,21H,2-6,9,12,15,20H2,1H3. The number of nitrogen functional groups attached to an aromatic ring is 1. The highest BCUT2D eigenvalue weighted by Crippen LogP contribution is 2.21. The Labute approximate surface area is 128 Å². The SMILES string of the molecule is CCCCCCCCNCc1cc2ccccc2cc1N. The van der Waals surface area contributed by atoms with Gasteiger partial charge in [0.05, 0.1) is 0 Å². The lowest BCUT2D eigenvalue weighted by molar-refractivity contribution is 0.572. The van der Waals surface area contributed by atoms with Crippen LogP contribution in [0.5, 0.6) is 0 Å². The average Bonchev–Trinajstić information content (AvgIpc) is 2.50. The van der Waals surface area contributed by atoms with Gasteiger partial charge in [-0.2, -0.15) is 0 Å². The number of rotatable bonds is 9. The minimum atomic E-state index is 0.867. The van der Waals surface area contributed by atoms with Crippen molar-refractivity contribution < 1.29 is 0 Å². The van der Waals surface area contributed by atoms with Crippen LogP contribution in [0.3, 0.4) is 0 Å². The highest BCUT2D eigenvalue weighted by atomic mass is 14.8. The molecule has 2 heteroatoms. The van der Waals surface area contributed by atoms with Crippen LogP contribution in [0.2, 0.25) is 0 Å². The Bertz CT molecular complexity index is 548. The molecule has 0 aromatic heterocycles. The molecule has 0 bridgehead atoms. The maximum absolute atomic E-state index is 6.14. The topological polar surface area (TPSA) is 38.0 Å². The fourth-order valence-electron chi connectivity index (χ4n) is 2.71. The predicted molar refractivity (Wildman–Crippen MR) is 93.4 cm³/mol. The van der Waals surface area contributed by atoms with E-state index in [2.05, 4.69) is 48.6 Å². The van der Waals surface area contributed by atoms with Crippen molar-refractivity contribution in [3.63, 3.8) is 0 Å². The first kappa shape index (κ1) is 15.8. The van der Waals surface area contributed by atoms with E-state index in [4.69, 9.17) is 5.73 Å². The van der Waals surface area contributed by atoms with Gasteiger partial charge in [0, 0.05) is 12.2 Å². The summed E-state index contributed by atoms with van der Waals surface area (Å²) in [5, 5.41) is 6.00. The Balaban J connectivity index is 1.74. The van der Waals surface area contributed by atoms with Crippen molar-refractivity contribution in [1.29, 1.82) is 0 Å². The number of hydrogen-bond acceptors (Lipinski definition) is 2. The fraction of sp³-hybridized carbons (Fsp3) is 0.474. The van der Waals surface area contributed by atoms with Crippen LogP contribution in [0.4, 0.5) is 5.69 Å². The number of fused-ring (bicyclic) bond motifs is 1. The van der Waals surface area contributed by atoms with Crippen molar-refractivity contribution >= 4 is 16.5 Å². The van der Waals surface area contributed by atoms with E-state index in [0.29, 0.717) is 0 Å². The van der Waals surface area contributed by atoms with Crippen molar-refractivity contribution in [3.8, 4) is 0 Å². The monoisotopic (exact) mass is 284 g/mol. The molecule has 2 aromatic rings. The van der Waals surface area contributed by atoms with Crippen LogP contribution in [0.25, 0.3) is 10.8 Å². The second kappa shape index (κ2) is 8.68. The van der Waals surface area contributed by atoms with Crippen molar-refractivity contribution in [1.82, 2.24) is 5.32 Å². The van der Waals surface area contributed by atoms with Gasteiger partial charge in [-0.15, -0.1) is 0 Å². The summed E-state index contributed by atoms with van der Waals surface area (Å²) >= 11 is 0. The average molecular weight is 284 g/mol. The molecular formula is C19H28N2. The Kier molecular flexibility index (Phi) is 6.55. The third-order valence-electron chi connectivity index (χ3n) is 4.03. The van der Waals surface area contributed by atoms with Crippen LogP contribution in [-0.2, 0) is 6.54 Å². The van der Waals surface area contributed by atoms with Crippen LogP contribution in [0.15, 0.2) is 36.4 Å². The summed E-state index contributed by atoms with van der Waals surface area (Å²) in [4.78, 5) is 0. The molecule has 0 aliphatic heterocycles. The first-order valence-corrected chi connectivity index (χ1v) is 8.29. The molecule has 0 unspecified atom stereocenters. The van der Waals surface area contributed by atoms with Crippen molar-refractivity contribution in [3.05, 3.63) is 42.0 Å². The van der Waals surface area contributed by atoms with E-state index < -0.39 is 0 Å². The van der Waals surface area contributed by atoms with E-state index in [9.17, 15) is 0 Å². The van der Waals surface area contributed by atoms with Crippen molar-refractivity contribution in [2.24, 2.45) is 0 Å². The summed E-state index contributed by atoms with van der Waals surface area (Å²) in [6.07, 6.45) is 8.04. The molecule has 0 spiro atoms. The summed E-state index contributed by atoms with van der Waals surface area (Å²) < 4.78 is 0. The van der Waals surface area contributed by atoms with Crippen LogP contribution in [0, 0.1) is 0 Å². The zero-order valence-corrected chi connectivity index (χ0v) is 13.2. The normalized spacial score (nSPS) is 11.1. The lowest BCUT2D eigenvalue weighted by Gasteiger charge is -2.09. The van der Waals surface area contributed by atoms with E-state index in [-0.39, 0.29) is 0 Å². The van der Waals surface area contributed by atoms with Gasteiger partial charge in [0.1, 0.15) is 0 Å². The minimum absolute atomic E-state index is 0.867.